The molecule has 0 aliphatic heterocycles. The van der Waals surface area contributed by atoms with Gasteiger partial charge in [0.1, 0.15) is 5.76 Å². The van der Waals surface area contributed by atoms with E-state index in [2.05, 4.69) is 20.7 Å². The average molecular weight is 398 g/mol. The molecule has 10 heteroatoms. The number of anilines is 1. The zero-order chi connectivity index (χ0) is 19.8. The van der Waals surface area contributed by atoms with Crippen molar-refractivity contribution in [3.8, 4) is 5.82 Å². The van der Waals surface area contributed by atoms with E-state index < -0.39 is 11.7 Å². The summed E-state index contributed by atoms with van der Waals surface area (Å²) < 4.78 is 44.9. The lowest BCUT2D eigenvalue weighted by Gasteiger charge is -2.08. The number of pyridine rings is 1. The van der Waals surface area contributed by atoms with Crippen molar-refractivity contribution < 1.29 is 17.7 Å². The molecule has 3 rings (SSSR count). The molecule has 27 heavy (non-hydrogen) atoms. The van der Waals surface area contributed by atoms with Crippen LogP contribution < -0.4 is 5.43 Å². The fourth-order valence-corrected chi connectivity index (χ4v) is 2.78. The van der Waals surface area contributed by atoms with Crippen molar-refractivity contribution in [3.05, 3.63) is 57.7 Å². The van der Waals surface area contributed by atoms with E-state index in [-0.39, 0.29) is 10.8 Å². The van der Waals surface area contributed by atoms with Crippen molar-refractivity contribution in [1.82, 2.24) is 14.7 Å². The van der Waals surface area contributed by atoms with Gasteiger partial charge in [-0.2, -0.15) is 18.3 Å². The number of aromatic nitrogens is 3. The fraction of sp³-hybridized carbons (Fsp3) is 0.235. The third-order valence-corrected chi connectivity index (χ3v) is 4.15. The number of nitrogens with zero attached hydrogens (tertiary/aromatic N) is 4. The minimum absolute atomic E-state index is 0.0295. The largest absolute Gasteiger partial charge is 0.417 e. The van der Waals surface area contributed by atoms with Crippen LogP contribution in [-0.2, 0) is 6.18 Å². The predicted molar refractivity (Wildman–Crippen MR) is 95.5 cm³/mol. The summed E-state index contributed by atoms with van der Waals surface area (Å²) in [6, 6.07) is 4.50. The maximum Gasteiger partial charge on any atom is 0.417 e. The summed E-state index contributed by atoms with van der Waals surface area (Å²) in [5, 5.41) is 7.84. The van der Waals surface area contributed by atoms with Gasteiger partial charge in [-0.15, -0.1) is 0 Å². The van der Waals surface area contributed by atoms with E-state index in [0.717, 1.165) is 23.0 Å². The Morgan fingerprint density at radius 3 is 2.56 bits per heavy atom. The van der Waals surface area contributed by atoms with Gasteiger partial charge in [0.2, 0.25) is 0 Å². The van der Waals surface area contributed by atoms with Gasteiger partial charge >= 0.3 is 6.18 Å². The predicted octanol–water partition coefficient (Wildman–Crippen LogP) is 4.90. The lowest BCUT2D eigenvalue weighted by molar-refractivity contribution is -0.137. The fourth-order valence-electron chi connectivity index (χ4n) is 2.57. The number of hydrazone groups is 1. The molecule has 3 aromatic rings. The van der Waals surface area contributed by atoms with Crippen molar-refractivity contribution in [2.75, 3.05) is 5.43 Å². The van der Waals surface area contributed by atoms with Crippen molar-refractivity contribution in [3.63, 3.8) is 0 Å². The van der Waals surface area contributed by atoms with E-state index in [0.29, 0.717) is 17.8 Å². The highest BCUT2D eigenvalue weighted by Gasteiger charge is 2.31. The third kappa shape index (κ3) is 3.97. The van der Waals surface area contributed by atoms with Gasteiger partial charge in [0.15, 0.2) is 11.6 Å². The molecule has 142 valence electrons. The molecule has 0 amide bonds. The second-order valence-electron chi connectivity index (χ2n) is 5.88. The molecule has 0 saturated heterocycles. The number of hydrogen-bond acceptors (Lipinski definition) is 5. The van der Waals surface area contributed by atoms with Gasteiger partial charge in [-0.05, 0) is 32.9 Å². The van der Waals surface area contributed by atoms with E-state index in [9.17, 15) is 13.2 Å². The van der Waals surface area contributed by atoms with Gasteiger partial charge in [-0.25, -0.2) is 4.98 Å². The molecule has 0 aliphatic rings. The van der Waals surface area contributed by atoms with Gasteiger partial charge in [0, 0.05) is 29.2 Å². The molecule has 6 nitrogen and oxygen atoms in total. The van der Waals surface area contributed by atoms with E-state index in [1.54, 1.807) is 6.92 Å². The molecule has 0 atom stereocenters. The first kappa shape index (κ1) is 19.0. The summed E-state index contributed by atoms with van der Waals surface area (Å²) in [7, 11) is 0. The molecule has 0 bridgehead atoms. The number of alkyl halides is 3. The first-order chi connectivity index (χ1) is 12.7. The number of rotatable bonds is 4. The Labute approximate surface area is 157 Å². The normalized spacial score (nSPS) is 12.1. The third-order valence-electron chi connectivity index (χ3n) is 3.86. The van der Waals surface area contributed by atoms with Gasteiger partial charge < -0.3 is 4.52 Å². The Bertz CT molecular complexity index is 1010. The molecule has 3 aromatic heterocycles. The molecule has 0 unspecified atom stereocenters. The van der Waals surface area contributed by atoms with E-state index in [1.807, 2.05) is 30.5 Å². The van der Waals surface area contributed by atoms with Crippen LogP contribution in [0.1, 0.15) is 28.3 Å². The smallest absolute Gasteiger partial charge is 0.360 e. The first-order valence-corrected chi connectivity index (χ1v) is 8.19. The highest BCUT2D eigenvalue weighted by atomic mass is 35.5. The van der Waals surface area contributed by atoms with Crippen molar-refractivity contribution in [2.24, 2.45) is 5.10 Å². The Kier molecular flexibility index (Phi) is 4.97. The van der Waals surface area contributed by atoms with Crippen LogP contribution in [0.15, 0.2) is 34.0 Å². The zero-order valence-corrected chi connectivity index (χ0v) is 15.4. The van der Waals surface area contributed by atoms with Crippen LogP contribution in [0.2, 0.25) is 5.02 Å². The molecule has 0 saturated carbocycles. The number of nitrogens with one attached hydrogen (secondary N) is 1. The van der Waals surface area contributed by atoms with Gasteiger partial charge in [-0.3, -0.25) is 9.99 Å². The quantitative estimate of drug-likeness (QED) is 0.502. The van der Waals surface area contributed by atoms with Crippen molar-refractivity contribution >= 4 is 23.6 Å². The van der Waals surface area contributed by atoms with Crippen LogP contribution in [0.5, 0.6) is 0 Å². The minimum Gasteiger partial charge on any atom is -0.360 e. The van der Waals surface area contributed by atoms with Crippen LogP contribution in [-0.4, -0.2) is 20.9 Å². The standard InChI is InChI=1S/C17H15ClF3N5O/c1-9-4-12(11(3)26(9)15-5-10(2)27-25-15)7-23-24-16-14(18)6-13(8-22-16)17(19,20)21/h4-8H,1-3H3,(H,22,24)/b23-7-. The first-order valence-electron chi connectivity index (χ1n) is 7.81. The molecular formula is C17H15ClF3N5O. The number of halogens is 4. The molecule has 0 fully saturated rings. The van der Waals surface area contributed by atoms with Crippen molar-refractivity contribution in [2.45, 2.75) is 26.9 Å². The van der Waals surface area contributed by atoms with Crippen LogP contribution >= 0.6 is 11.6 Å². The molecular weight excluding hydrogens is 383 g/mol. The van der Waals surface area contributed by atoms with Crippen LogP contribution in [0.3, 0.4) is 0 Å². The summed E-state index contributed by atoms with van der Waals surface area (Å²) >= 11 is 5.84. The Morgan fingerprint density at radius 2 is 1.96 bits per heavy atom. The minimum atomic E-state index is -4.50. The maximum absolute atomic E-state index is 12.6. The molecule has 0 spiro atoms. The Balaban J connectivity index is 1.80. The topological polar surface area (TPSA) is 68.2 Å². The summed E-state index contributed by atoms with van der Waals surface area (Å²) in [6.45, 7) is 5.61. The second-order valence-corrected chi connectivity index (χ2v) is 6.29. The number of aryl methyl sites for hydroxylation is 2. The molecule has 3 heterocycles. The SMILES string of the molecule is Cc1cc(-n2c(C)cc(/C=N\Nc3ncc(C(F)(F)F)cc3Cl)c2C)no1. The summed E-state index contributed by atoms with van der Waals surface area (Å²) in [5.74, 6) is 1.38. The summed E-state index contributed by atoms with van der Waals surface area (Å²) in [4.78, 5) is 3.67. The summed E-state index contributed by atoms with van der Waals surface area (Å²) in [6.07, 6.45) is -2.28. The number of hydrogen-bond donors (Lipinski definition) is 1. The average Bonchev–Trinajstić information content (AvgIpc) is 3.11. The van der Waals surface area contributed by atoms with Gasteiger partial charge in [-0.1, -0.05) is 16.8 Å². The van der Waals surface area contributed by atoms with E-state index >= 15 is 0 Å². The molecule has 0 aliphatic carbocycles. The Hall–Kier alpha value is -2.81. The van der Waals surface area contributed by atoms with Crippen LogP contribution in [0.4, 0.5) is 19.0 Å². The zero-order valence-electron chi connectivity index (χ0n) is 14.6. The monoisotopic (exact) mass is 397 g/mol. The highest BCUT2D eigenvalue weighted by Crippen LogP contribution is 2.32. The lowest BCUT2D eigenvalue weighted by atomic mass is 10.2. The molecule has 1 N–H and O–H groups in total. The van der Waals surface area contributed by atoms with Crippen LogP contribution in [0, 0.1) is 20.8 Å². The highest BCUT2D eigenvalue weighted by molar-refractivity contribution is 6.32. The van der Waals surface area contributed by atoms with E-state index in [4.69, 9.17) is 16.1 Å². The van der Waals surface area contributed by atoms with E-state index in [1.165, 1.54) is 6.21 Å². The van der Waals surface area contributed by atoms with Gasteiger partial charge in [0.25, 0.3) is 0 Å². The molecule has 0 aromatic carbocycles. The van der Waals surface area contributed by atoms with Crippen molar-refractivity contribution in [1.29, 1.82) is 0 Å². The summed E-state index contributed by atoms with van der Waals surface area (Å²) in [5.41, 5.74) is 4.22. The van der Waals surface area contributed by atoms with Gasteiger partial charge in [0.05, 0.1) is 16.8 Å². The van der Waals surface area contributed by atoms with Crippen LogP contribution in [0.25, 0.3) is 5.82 Å². The second kappa shape index (κ2) is 7.07. The Morgan fingerprint density at radius 1 is 1.22 bits per heavy atom. The maximum atomic E-state index is 12.6. The lowest BCUT2D eigenvalue weighted by Crippen LogP contribution is -2.06. The molecule has 0 radical (unpaired) electrons.